The maximum atomic E-state index is 5.57. The second kappa shape index (κ2) is 3.75. The molecule has 0 aromatic rings. The largest absolute Gasteiger partial charge is 0.369 e. The highest BCUT2D eigenvalue weighted by Crippen LogP contribution is 2.23. The van der Waals surface area contributed by atoms with Gasteiger partial charge in [-0.3, -0.25) is 0 Å². The minimum atomic E-state index is 0.661. The molecule has 3 atom stereocenters. The summed E-state index contributed by atoms with van der Waals surface area (Å²) in [6.07, 6.45) is 1.23. The Balaban J connectivity index is 2.72. The fourth-order valence-corrected chi connectivity index (χ4v) is 2.18. The molecule has 0 radical (unpaired) electrons. The smallest absolute Gasteiger partial charge is 0.112 e. The molecule has 2 nitrogen and oxygen atoms in total. The monoisotopic (exact) mass is 172 g/mol. The summed E-state index contributed by atoms with van der Waals surface area (Å²) in [5.41, 5.74) is 0. The van der Waals surface area contributed by atoms with Crippen LogP contribution in [0.2, 0.25) is 0 Å². The molecule has 12 heavy (non-hydrogen) atoms. The van der Waals surface area contributed by atoms with Gasteiger partial charge in [-0.25, -0.2) is 0 Å². The zero-order chi connectivity index (χ0) is 9.19. The van der Waals surface area contributed by atoms with Crippen LogP contribution in [0.15, 0.2) is 0 Å². The molecule has 0 saturated carbocycles. The summed E-state index contributed by atoms with van der Waals surface area (Å²) in [6.45, 7) is 9.95. The fourth-order valence-electron chi connectivity index (χ4n) is 2.18. The van der Waals surface area contributed by atoms with Crippen LogP contribution in [0.3, 0.4) is 0 Å². The molecule has 0 aromatic heterocycles. The summed E-state index contributed by atoms with van der Waals surface area (Å²) in [6, 6.07) is 1.37. The molecule has 0 bridgehead atoms. The van der Waals surface area contributed by atoms with Crippen molar-refractivity contribution in [3.05, 3.63) is 0 Å². The van der Waals surface area contributed by atoms with E-state index in [1.807, 2.05) is 0 Å². The van der Waals surface area contributed by atoms with E-state index in [1.165, 1.54) is 17.4 Å². The number of hydrogen-bond acceptors (Lipinski definition) is 1. The lowest BCUT2D eigenvalue weighted by Crippen LogP contribution is -2.63. The van der Waals surface area contributed by atoms with E-state index in [2.05, 4.69) is 27.8 Å². The Morgan fingerprint density at radius 1 is 1.33 bits per heavy atom. The Bertz CT molecular complexity index is 149. The zero-order valence-corrected chi connectivity index (χ0v) is 8.84. The van der Waals surface area contributed by atoms with Crippen molar-refractivity contribution < 1.29 is 9.22 Å². The van der Waals surface area contributed by atoms with Crippen LogP contribution in [0, 0.1) is 0 Å². The number of likely N-dealkylation sites (N-methyl/N-ethyl adjacent to an activating group) is 1. The highest BCUT2D eigenvalue weighted by molar-refractivity contribution is 4.66. The van der Waals surface area contributed by atoms with E-state index in [0.717, 1.165) is 13.2 Å². The first-order chi connectivity index (χ1) is 5.65. The highest BCUT2D eigenvalue weighted by Gasteiger charge is 2.38. The van der Waals surface area contributed by atoms with Gasteiger partial charge in [-0.1, -0.05) is 6.92 Å². The van der Waals surface area contributed by atoms with Crippen LogP contribution in [0.1, 0.15) is 27.2 Å². The minimum absolute atomic E-state index is 0.661. The van der Waals surface area contributed by atoms with Crippen LogP contribution in [-0.2, 0) is 4.74 Å². The molecule has 3 unspecified atom stereocenters. The lowest BCUT2D eigenvalue weighted by Gasteiger charge is -2.48. The van der Waals surface area contributed by atoms with Gasteiger partial charge in [0.15, 0.2) is 0 Å². The number of rotatable bonds is 2. The molecule has 0 aromatic carbocycles. The van der Waals surface area contributed by atoms with Crippen molar-refractivity contribution in [3.8, 4) is 0 Å². The van der Waals surface area contributed by atoms with Crippen molar-refractivity contribution >= 4 is 0 Å². The van der Waals surface area contributed by atoms with Gasteiger partial charge in [-0.15, -0.1) is 0 Å². The molecule has 0 spiro atoms. The normalized spacial score (nSPS) is 43.0. The van der Waals surface area contributed by atoms with Crippen molar-refractivity contribution in [2.45, 2.75) is 39.3 Å². The summed E-state index contributed by atoms with van der Waals surface area (Å²) in [5, 5.41) is 0. The van der Waals surface area contributed by atoms with Crippen LogP contribution in [-0.4, -0.2) is 43.4 Å². The van der Waals surface area contributed by atoms with Crippen molar-refractivity contribution in [1.29, 1.82) is 0 Å². The molecule has 0 aliphatic carbocycles. The van der Waals surface area contributed by atoms with Crippen molar-refractivity contribution in [2.75, 3.05) is 26.8 Å². The molecule has 1 saturated heterocycles. The number of morpholine rings is 1. The lowest BCUT2D eigenvalue weighted by molar-refractivity contribution is -0.961. The molecular weight excluding hydrogens is 150 g/mol. The molecular formula is C10H22NO+. The van der Waals surface area contributed by atoms with E-state index >= 15 is 0 Å². The van der Waals surface area contributed by atoms with Crippen LogP contribution >= 0.6 is 0 Å². The standard InChI is InChI=1S/C10H22NO/c1-5-10-8-12-7-9(3)11(10,4)6-2/h9-10H,5-8H2,1-4H3/q+1. The van der Waals surface area contributed by atoms with Gasteiger partial charge in [0, 0.05) is 0 Å². The van der Waals surface area contributed by atoms with Crippen molar-refractivity contribution in [2.24, 2.45) is 0 Å². The third-order valence-electron chi connectivity index (χ3n) is 3.66. The van der Waals surface area contributed by atoms with Crippen LogP contribution in [0.25, 0.3) is 0 Å². The number of nitrogens with zero attached hydrogens (tertiary/aromatic N) is 1. The second-order valence-corrected chi connectivity index (χ2v) is 4.11. The van der Waals surface area contributed by atoms with E-state index < -0.39 is 0 Å². The average Bonchev–Trinajstić information content (AvgIpc) is 2.10. The van der Waals surface area contributed by atoms with E-state index in [-0.39, 0.29) is 0 Å². The topological polar surface area (TPSA) is 9.23 Å². The molecule has 1 aliphatic rings. The first kappa shape index (κ1) is 10.0. The van der Waals surface area contributed by atoms with Gasteiger partial charge in [0.25, 0.3) is 0 Å². The molecule has 1 aliphatic heterocycles. The summed E-state index contributed by atoms with van der Waals surface area (Å²) >= 11 is 0. The molecule has 1 heterocycles. The predicted molar refractivity (Wildman–Crippen MR) is 51.1 cm³/mol. The van der Waals surface area contributed by atoms with E-state index in [0.29, 0.717) is 12.1 Å². The van der Waals surface area contributed by atoms with E-state index in [4.69, 9.17) is 4.74 Å². The zero-order valence-electron chi connectivity index (χ0n) is 8.84. The van der Waals surface area contributed by atoms with E-state index in [9.17, 15) is 0 Å². The SMILES string of the molecule is CCC1COCC(C)[N+]1(C)CC. The molecule has 1 fully saturated rings. The Hall–Kier alpha value is -0.0800. The van der Waals surface area contributed by atoms with Gasteiger partial charge >= 0.3 is 0 Å². The summed E-state index contributed by atoms with van der Waals surface area (Å²) in [4.78, 5) is 0. The fraction of sp³-hybridized carbons (Fsp3) is 1.00. The Kier molecular flexibility index (Phi) is 3.13. The maximum Gasteiger partial charge on any atom is 0.112 e. The van der Waals surface area contributed by atoms with Gasteiger partial charge in [0.05, 0.1) is 26.8 Å². The Morgan fingerprint density at radius 3 is 2.42 bits per heavy atom. The van der Waals surface area contributed by atoms with E-state index in [1.54, 1.807) is 0 Å². The number of hydrogen-bond donors (Lipinski definition) is 0. The highest BCUT2D eigenvalue weighted by atomic mass is 16.5. The average molecular weight is 172 g/mol. The van der Waals surface area contributed by atoms with Crippen LogP contribution < -0.4 is 0 Å². The Labute approximate surface area is 76.1 Å². The second-order valence-electron chi connectivity index (χ2n) is 4.11. The third kappa shape index (κ3) is 1.50. The lowest BCUT2D eigenvalue weighted by atomic mass is 10.1. The number of quaternary nitrogens is 1. The first-order valence-corrected chi connectivity index (χ1v) is 5.07. The van der Waals surface area contributed by atoms with Gasteiger partial charge in [0.1, 0.15) is 12.1 Å². The summed E-state index contributed by atoms with van der Waals surface area (Å²) in [5.74, 6) is 0. The predicted octanol–water partition coefficient (Wildman–Crippen LogP) is 1.65. The molecule has 0 amide bonds. The van der Waals surface area contributed by atoms with Crippen molar-refractivity contribution in [3.63, 3.8) is 0 Å². The summed E-state index contributed by atoms with van der Waals surface area (Å²) < 4.78 is 6.76. The van der Waals surface area contributed by atoms with Gasteiger partial charge < -0.3 is 9.22 Å². The Morgan fingerprint density at radius 2 is 2.00 bits per heavy atom. The first-order valence-electron chi connectivity index (χ1n) is 5.07. The van der Waals surface area contributed by atoms with Crippen LogP contribution in [0.5, 0.6) is 0 Å². The summed E-state index contributed by atoms with van der Waals surface area (Å²) in [7, 11) is 2.36. The quantitative estimate of drug-likeness (QED) is 0.575. The van der Waals surface area contributed by atoms with Crippen molar-refractivity contribution in [1.82, 2.24) is 0 Å². The molecule has 72 valence electrons. The minimum Gasteiger partial charge on any atom is -0.369 e. The third-order valence-corrected chi connectivity index (χ3v) is 3.66. The maximum absolute atomic E-state index is 5.57. The molecule has 1 rings (SSSR count). The number of ether oxygens (including phenoxy) is 1. The molecule has 2 heteroatoms. The molecule has 0 N–H and O–H groups in total. The van der Waals surface area contributed by atoms with Gasteiger partial charge in [-0.05, 0) is 20.3 Å². The van der Waals surface area contributed by atoms with Gasteiger partial charge in [-0.2, -0.15) is 0 Å². The van der Waals surface area contributed by atoms with Crippen LogP contribution in [0.4, 0.5) is 0 Å². The van der Waals surface area contributed by atoms with Gasteiger partial charge in [0.2, 0.25) is 0 Å².